The fourth-order valence-electron chi connectivity index (χ4n) is 7.26. The van der Waals surface area contributed by atoms with Crippen LogP contribution in [0.15, 0.2) is 152 Å². The van der Waals surface area contributed by atoms with Crippen LogP contribution >= 0.6 is 0 Å². The lowest BCUT2D eigenvalue weighted by Crippen LogP contribution is -2.46. The maximum Gasteiger partial charge on any atom is 0.140 e. The Kier molecular flexibility index (Phi) is 7.39. The summed E-state index contributed by atoms with van der Waals surface area (Å²) >= 11 is 0. The maximum absolute atomic E-state index is 5.13. The molecule has 226 valence electrons. The van der Waals surface area contributed by atoms with Crippen LogP contribution in [0.25, 0.3) is 22.0 Å². The van der Waals surface area contributed by atoms with Crippen LogP contribution < -0.4 is 9.80 Å². The summed E-state index contributed by atoms with van der Waals surface area (Å²) < 4.78 is 2.19. The standard InChI is InChI=1S/C40H36N6/c1-5-13-33(14-6-1)40(34-15-7-2-8-16-34,35-17-9-3-10-18-35)46-29-32(28-43-46)31-21-22-38-37(27-31)39(42-30-41-38)45-25-23-44(24-26-45)36-19-11-4-12-20-36/h1-17,19-22,27-30,35H,18,23-26H2. The molecule has 6 nitrogen and oxygen atoms in total. The molecule has 8 rings (SSSR count). The fourth-order valence-corrected chi connectivity index (χ4v) is 7.26. The molecule has 1 saturated heterocycles. The van der Waals surface area contributed by atoms with Gasteiger partial charge in [-0.05, 0) is 47.4 Å². The highest BCUT2D eigenvalue weighted by molar-refractivity contribution is 5.93. The molecule has 0 N–H and O–H groups in total. The van der Waals surface area contributed by atoms with Gasteiger partial charge in [-0.2, -0.15) is 5.10 Å². The zero-order valence-electron chi connectivity index (χ0n) is 25.7. The molecular weight excluding hydrogens is 564 g/mol. The minimum atomic E-state index is -0.522. The van der Waals surface area contributed by atoms with Crippen LogP contribution in [0, 0.1) is 5.92 Å². The SMILES string of the molecule is C1=CCC(C(c2ccccc2)(c2ccccc2)n2cc(-c3ccc4ncnc(N5CCN(c6ccccc6)CC5)c4c3)cn2)C=C1. The van der Waals surface area contributed by atoms with E-state index in [4.69, 9.17) is 10.1 Å². The number of hydrogen-bond donors (Lipinski definition) is 0. The third kappa shape index (κ3) is 4.96. The number of para-hydroxylation sites is 1. The third-order valence-electron chi connectivity index (χ3n) is 9.54. The van der Waals surface area contributed by atoms with Crippen LogP contribution in [-0.4, -0.2) is 45.9 Å². The number of rotatable bonds is 7. The van der Waals surface area contributed by atoms with E-state index < -0.39 is 5.54 Å². The van der Waals surface area contributed by atoms with Gasteiger partial charge in [0.05, 0.1) is 11.7 Å². The third-order valence-corrected chi connectivity index (χ3v) is 9.54. The van der Waals surface area contributed by atoms with Crippen molar-refractivity contribution in [3.05, 3.63) is 163 Å². The number of allylic oxidation sites excluding steroid dienone is 4. The molecule has 3 heterocycles. The Morgan fingerprint density at radius 3 is 2.00 bits per heavy atom. The summed E-state index contributed by atoms with van der Waals surface area (Å²) in [6.07, 6.45) is 15.7. The van der Waals surface area contributed by atoms with Gasteiger partial charge in [0.1, 0.15) is 17.7 Å². The van der Waals surface area contributed by atoms with Crippen LogP contribution in [0.5, 0.6) is 0 Å². The number of benzene rings is 4. The predicted octanol–water partition coefficient (Wildman–Crippen LogP) is 7.74. The van der Waals surface area contributed by atoms with Crippen LogP contribution in [0.2, 0.25) is 0 Å². The lowest BCUT2D eigenvalue weighted by atomic mass is 9.70. The average molecular weight is 601 g/mol. The summed E-state index contributed by atoms with van der Waals surface area (Å²) in [5.41, 5.74) is 6.30. The van der Waals surface area contributed by atoms with Gasteiger partial charge < -0.3 is 9.80 Å². The van der Waals surface area contributed by atoms with Crippen molar-refractivity contribution in [3.8, 4) is 11.1 Å². The highest BCUT2D eigenvalue weighted by Gasteiger charge is 2.43. The van der Waals surface area contributed by atoms with Crippen molar-refractivity contribution in [2.24, 2.45) is 5.92 Å². The molecule has 6 aromatic rings. The number of hydrogen-bond acceptors (Lipinski definition) is 5. The zero-order chi connectivity index (χ0) is 30.8. The summed E-state index contributed by atoms with van der Waals surface area (Å²) in [6.45, 7) is 3.72. The first-order valence-corrected chi connectivity index (χ1v) is 16.1. The summed E-state index contributed by atoms with van der Waals surface area (Å²) in [5.74, 6) is 1.18. The van der Waals surface area contributed by atoms with Crippen molar-refractivity contribution in [3.63, 3.8) is 0 Å². The largest absolute Gasteiger partial charge is 0.368 e. The second-order valence-corrected chi connectivity index (χ2v) is 12.1. The Labute approximate surface area is 270 Å². The van der Waals surface area contributed by atoms with Gasteiger partial charge in [0.2, 0.25) is 0 Å². The highest BCUT2D eigenvalue weighted by atomic mass is 15.3. The smallest absolute Gasteiger partial charge is 0.140 e. The van der Waals surface area contributed by atoms with E-state index in [2.05, 4.69) is 159 Å². The molecule has 1 fully saturated rings. The Bertz CT molecular complexity index is 1950. The number of nitrogens with zero attached hydrogens (tertiary/aromatic N) is 6. The first-order valence-electron chi connectivity index (χ1n) is 16.1. The Hall–Kier alpha value is -5.49. The van der Waals surface area contributed by atoms with E-state index in [0.717, 1.165) is 60.4 Å². The van der Waals surface area contributed by atoms with Crippen molar-refractivity contribution >= 4 is 22.4 Å². The number of fused-ring (bicyclic) bond motifs is 1. The van der Waals surface area contributed by atoms with E-state index in [1.165, 1.54) is 16.8 Å². The van der Waals surface area contributed by atoms with Gasteiger partial charge in [0.15, 0.2) is 0 Å². The molecule has 2 aliphatic rings. The molecule has 4 aromatic carbocycles. The lowest BCUT2D eigenvalue weighted by Gasteiger charge is -2.41. The molecule has 1 unspecified atom stereocenters. The van der Waals surface area contributed by atoms with Gasteiger partial charge >= 0.3 is 0 Å². The molecular formula is C40H36N6. The molecule has 0 saturated carbocycles. The molecule has 0 bridgehead atoms. The van der Waals surface area contributed by atoms with E-state index in [1.54, 1.807) is 6.33 Å². The topological polar surface area (TPSA) is 50.1 Å². The van der Waals surface area contributed by atoms with Crippen molar-refractivity contribution in [1.29, 1.82) is 0 Å². The van der Waals surface area contributed by atoms with Gasteiger partial charge in [0, 0.05) is 54.9 Å². The molecule has 0 spiro atoms. The van der Waals surface area contributed by atoms with Crippen molar-refractivity contribution in [2.45, 2.75) is 12.0 Å². The number of aromatic nitrogens is 4. The first kappa shape index (κ1) is 28.0. The minimum Gasteiger partial charge on any atom is -0.368 e. The van der Waals surface area contributed by atoms with Crippen LogP contribution in [0.1, 0.15) is 17.5 Å². The van der Waals surface area contributed by atoms with E-state index in [1.807, 2.05) is 6.20 Å². The fraction of sp³-hybridized carbons (Fsp3) is 0.175. The van der Waals surface area contributed by atoms with Crippen molar-refractivity contribution in [2.75, 3.05) is 36.0 Å². The molecule has 1 atom stereocenters. The normalized spacial score (nSPS) is 16.7. The average Bonchev–Trinajstić information content (AvgIpc) is 3.64. The monoisotopic (exact) mass is 600 g/mol. The van der Waals surface area contributed by atoms with Crippen LogP contribution in [0.4, 0.5) is 11.5 Å². The second-order valence-electron chi connectivity index (χ2n) is 12.1. The quantitative estimate of drug-likeness (QED) is 0.188. The summed E-state index contributed by atoms with van der Waals surface area (Å²) in [6, 6.07) is 38.8. The van der Waals surface area contributed by atoms with E-state index in [-0.39, 0.29) is 5.92 Å². The Morgan fingerprint density at radius 1 is 0.652 bits per heavy atom. The molecule has 1 aliphatic heterocycles. The van der Waals surface area contributed by atoms with Crippen LogP contribution in [0.3, 0.4) is 0 Å². The Morgan fingerprint density at radius 2 is 1.33 bits per heavy atom. The molecule has 0 radical (unpaired) electrons. The predicted molar refractivity (Wildman–Crippen MR) is 187 cm³/mol. The van der Waals surface area contributed by atoms with Crippen LogP contribution in [-0.2, 0) is 5.54 Å². The first-order chi connectivity index (χ1) is 22.8. The van der Waals surface area contributed by atoms with E-state index >= 15 is 0 Å². The highest BCUT2D eigenvalue weighted by Crippen LogP contribution is 2.44. The zero-order valence-corrected chi connectivity index (χ0v) is 25.7. The van der Waals surface area contributed by atoms with E-state index in [9.17, 15) is 0 Å². The number of anilines is 2. The number of piperazine rings is 1. The maximum atomic E-state index is 5.13. The van der Waals surface area contributed by atoms with Crippen molar-refractivity contribution in [1.82, 2.24) is 19.7 Å². The second kappa shape index (κ2) is 12.1. The summed E-state index contributed by atoms with van der Waals surface area (Å²) in [4.78, 5) is 14.3. The van der Waals surface area contributed by atoms with Gasteiger partial charge in [-0.25, -0.2) is 9.97 Å². The molecule has 6 heteroatoms. The molecule has 2 aromatic heterocycles. The van der Waals surface area contributed by atoms with Crippen molar-refractivity contribution < 1.29 is 0 Å². The lowest BCUT2D eigenvalue weighted by molar-refractivity contribution is 0.293. The van der Waals surface area contributed by atoms with Gasteiger partial charge in [0.25, 0.3) is 0 Å². The van der Waals surface area contributed by atoms with Gasteiger partial charge in [-0.15, -0.1) is 0 Å². The van der Waals surface area contributed by atoms with Gasteiger partial charge in [-0.1, -0.05) is 109 Å². The molecule has 0 amide bonds. The van der Waals surface area contributed by atoms with Gasteiger partial charge in [-0.3, -0.25) is 4.68 Å². The summed E-state index contributed by atoms with van der Waals surface area (Å²) in [7, 11) is 0. The molecule has 46 heavy (non-hydrogen) atoms. The Balaban J connectivity index is 1.18. The van der Waals surface area contributed by atoms with E-state index in [0.29, 0.717) is 0 Å². The summed E-state index contributed by atoms with van der Waals surface area (Å²) in [5, 5.41) is 6.20. The minimum absolute atomic E-state index is 0.182. The molecule has 1 aliphatic carbocycles.